The monoisotopic (exact) mass is 252 g/mol. The molecule has 0 unspecified atom stereocenters. The highest BCUT2D eigenvalue weighted by Gasteiger charge is 2.15. The summed E-state index contributed by atoms with van der Waals surface area (Å²) in [6.45, 7) is 0. The third-order valence-corrected chi connectivity index (χ3v) is 2.61. The molecule has 2 rings (SSSR count). The van der Waals surface area contributed by atoms with Gasteiger partial charge in [0.15, 0.2) is 0 Å². The Hall–Kier alpha value is -1.88. The lowest BCUT2D eigenvalue weighted by atomic mass is 10.1. The fraction of sp³-hybridized carbons (Fsp3) is 0.182. The minimum absolute atomic E-state index is 0.263. The molecule has 0 aliphatic carbocycles. The van der Waals surface area contributed by atoms with E-state index in [9.17, 15) is 4.79 Å². The van der Waals surface area contributed by atoms with Crippen LogP contribution in [0.15, 0.2) is 18.5 Å². The Kier molecular flexibility index (Phi) is 3.10. The SMILES string of the molecule is COC(=O)c1cc(OC)cc2c(Cl)ncnc12. The summed E-state index contributed by atoms with van der Waals surface area (Å²) in [6, 6.07) is 3.22. The van der Waals surface area contributed by atoms with E-state index in [1.54, 1.807) is 12.1 Å². The number of esters is 1. The normalized spacial score (nSPS) is 10.3. The lowest BCUT2D eigenvalue weighted by Gasteiger charge is -2.07. The molecule has 1 aromatic carbocycles. The smallest absolute Gasteiger partial charge is 0.340 e. The average Bonchev–Trinajstić information content (AvgIpc) is 2.37. The van der Waals surface area contributed by atoms with E-state index >= 15 is 0 Å². The first kappa shape index (κ1) is 11.6. The zero-order chi connectivity index (χ0) is 12.4. The molecule has 0 bridgehead atoms. The molecular formula is C11H9ClN2O3. The van der Waals surface area contributed by atoms with Crippen LogP contribution in [0, 0.1) is 0 Å². The molecule has 0 saturated carbocycles. The van der Waals surface area contributed by atoms with Gasteiger partial charge in [0.2, 0.25) is 0 Å². The van der Waals surface area contributed by atoms with Crippen LogP contribution in [0.3, 0.4) is 0 Å². The predicted molar refractivity (Wildman–Crippen MR) is 62.4 cm³/mol. The molecule has 88 valence electrons. The predicted octanol–water partition coefficient (Wildman–Crippen LogP) is 2.08. The molecule has 0 atom stereocenters. The molecule has 17 heavy (non-hydrogen) atoms. The number of benzene rings is 1. The maximum Gasteiger partial charge on any atom is 0.340 e. The molecule has 2 aromatic rings. The summed E-state index contributed by atoms with van der Waals surface area (Å²) in [5.41, 5.74) is 0.740. The van der Waals surface area contributed by atoms with Crippen molar-refractivity contribution in [2.75, 3.05) is 14.2 Å². The van der Waals surface area contributed by atoms with Gasteiger partial charge in [0.1, 0.15) is 17.2 Å². The van der Waals surface area contributed by atoms with Crippen molar-refractivity contribution in [3.05, 3.63) is 29.2 Å². The van der Waals surface area contributed by atoms with Gasteiger partial charge in [0, 0.05) is 5.39 Å². The van der Waals surface area contributed by atoms with Gasteiger partial charge >= 0.3 is 5.97 Å². The summed E-state index contributed by atoms with van der Waals surface area (Å²) in [4.78, 5) is 19.5. The van der Waals surface area contributed by atoms with Crippen LogP contribution in [-0.2, 0) is 4.74 Å². The van der Waals surface area contributed by atoms with Gasteiger partial charge in [-0.2, -0.15) is 0 Å². The molecular weight excluding hydrogens is 244 g/mol. The molecule has 0 aliphatic heterocycles. The second-order valence-corrected chi connectivity index (χ2v) is 3.59. The highest BCUT2D eigenvalue weighted by Crippen LogP contribution is 2.28. The standard InChI is InChI=1S/C11H9ClN2O3/c1-16-6-3-7-9(13-5-14-10(7)12)8(4-6)11(15)17-2/h3-5H,1-2H3. The first-order valence-electron chi connectivity index (χ1n) is 4.74. The molecule has 1 heterocycles. The number of nitrogens with zero attached hydrogens (tertiary/aromatic N) is 2. The number of fused-ring (bicyclic) bond motifs is 1. The van der Waals surface area contributed by atoms with Crippen molar-refractivity contribution in [2.45, 2.75) is 0 Å². The maximum atomic E-state index is 11.6. The van der Waals surface area contributed by atoms with E-state index in [-0.39, 0.29) is 5.15 Å². The van der Waals surface area contributed by atoms with Gasteiger partial charge in [-0.15, -0.1) is 0 Å². The number of carbonyl (C=O) groups excluding carboxylic acids is 1. The van der Waals surface area contributed by atoms with Gasteiger partial charge in [-0.3, -0.25) is 0 Å². The van der Waals surface area contributed by atoms with E-state index in [1.807, 2.05) is 0 Å². The number of rotatable bonds is 2. The topological polar surface area (TPSA) is 61.3 Å². The highest BCUT2D eigenvalue weighted by molar-refractivity contribution is 6.34. The number of methoxy groups -OCH3 is 2. The maximum absolute atomic E-state index is 11.6. The Morgan fingerprint density at radius 3 is 2.71 bits per heavy atom. The molecule has 0 spiro atoms. The van der Waals surface area contributed by atoms with Crippen LogP contribution < -0.4 is 4.74 Å². The van der Waals surface area contributed by atoms with Crippen molar-refractivity contribution in [1.82, 2.24) is 9.97 Å². The lowest BCUT2D eigenvalue weighted by Crippen LogP contribution is -2.04. The van der Waals surface area contributed by atoms with Gasteiger partial charge in [-0.1, -0.05) is 11.6 Å². The van der Waals surface area contributed by atoms with E-state index in [4.69, 9.17) is 16.3 Å². The third-order valence-electron chi connectivity index (χ3n) is 2.30. The van der Waals surface area contributed by atoms with Crippen molar-refractivity contribution < 1.29 is 14.3 Å². The quantitative estimate of drug-likeness (QED) is 0.605. The molecule has 0 fully saturated rings. The third kappa shape index (κ3) is 2.01. The summed E-state index contributed by atoms with van der Waals surface area (Å²) in [5.74, 6) is -0.00160. The van der Waals surface area contributed by atoms with Crippen LogP contribution in [0.4, 0.5) is 0 Å². The van der Waals surface area contributed by atoms with Gasteiger partial charge in [0.25, 0.3) is 0 Å². The Morgan fingerprint density at radius 1 is 1.29 bits per heavy atom. The fourth-order valence-electron chi connectivity index (χ4n) is 1.49. The van der Waals surface area contributed by atoms with E-state index in [0.29, 0.717) is 22.2 Å². The zero-order valence-corrected chi connectivity index (χ0v) is 9.99. The van der Waals surface area contributed by atoms with Crippen LogP contribution in [0.25, 0.3) is 10.9 Å². The van der Waals surface area contributed by atoms with Gasteiger partial charge in [-0.05, 0) is 12.1 Å². The minimum atomic E-state index is -0.497. The molecule has 1 aromatic heterocycles. The Balaban J connectivity index is 2.80. The molecule has 0 aliphatic rings. The summed E-state index contributed by atoms with van der Waals surface area (Å²) < 4.78 is 9.78. The first-order chi connectivity index (χ1) is 8.17. The van der Waals surface area contributed by atoms with Gasteiger partial charge < -0.3 is 9.47 Å². The molecule has 0 amide bonds. The van der Waals surface area contributed by atoms with Crippen LogP contribution in [0.1, 0.15) is 10.4 Å². The average molecular weight is 253 g/mol. The van der Waals surface area contributed by atoms with Crippen LogP contribution in [0.2, 0.25) is 5.15 Å². The van der Waals surface area contributed by atoms with Crippen LogP contribution >= 0.6 is 11.6 Å². The number of halogens is 1. The second kappa shape index (κ2) is 4.55. The lowest BCUT2D eigenvalue weighted by molar-refractivity contribution is 0.0602. The first-order valence-corrected chi connectivity index (χ1v) is 5.11. The summed E-state index contributed by atoms with van der Waals surface area (Å²) in [6.07, 6.45) is 1.30. The Morgan fingerprint density at radius 2 is 2.06 bits per heavy atom. The second-order valence-electron chi connectivity index (χ2n) is 3.23. The number of hydrogen-bond acceptors (Lipinski definition) is 5. The molecule has 0 radical (unpaired) electrons. The summed E-state index contributed by atoms with van der Waals surface area (Å²) in [7, 11) is 2.80. The number of carbonyl (C=O) groups is 1. The van der Waals surface area contributed by atoms with E-state index in [2.05, 4.69) is 14.7 Å². The van der Waals surface area contributed by atoms with Crippen molar-refractivity contribution in [1.29, 1.82) is 0 Å². The minimum Gasteiger partial charge on any atom is -0.497 e. The zero-order valence-electron chi connectivity index (χ0n) is 9.23. The molecule has 6 heteroatoms. The van der Waals surface area contributed by atoms with Gasteiger partial charge in [0.05, 0.1) is 25.3 Å². The van der Waals surface area contributed by atoms with Crippen molar-refractivity contribution in [2.24, 2.45) is 0 Å². The summed E-state index contributed by atoms with van der Waals surface area (Å²) in [5, 5.41) is 0.813. The largest absolute Gasteiger partial charge is 0.497 e. The highest BCUT2D eigenvalue weighted by atomic mass is 35.5. The molecule has 5 nitrogen and oxygen atoms in total. The van der Waals surface area contributed by atoms with Crippen molar-refractivity contribution in [3.8, 4) is 5.75 Å². The fourth-order valence-corrected chi connectivity index (χ4v) is 1.68. The van der Waals surface area contributed by atoms with E-state index in [1.165, 1.54) is 20.5 Å². The number of ether oxygens (including phenoxy) is 2. The van der Waals surface area contributed by atoms with E-state index in [0.717, 1.165) is 0 Å². The van der Waals surface area contributed by atoms with Crippen LogP contribution in [0.5, 0.6) is 5.75 Å². The molecule has 0 N–H and O–H groups in total. The van der Waals surface area contributed by atoms with Crippen molar-refractivity contribution in [3.63, 3.8) is 0 Å². The summed E-state index contributed by atoms with van der Waals surface area (Å²) >= 11 is 5.95. The van der Waals surface area contributed by atoms with E-state index < -0.39 is 5.97 Å². The molecule has 0 saturated heterocycles. The Labute approximate surface area is 102 Å². The van der Waals surface area contributed by atoms with Crippen molar-refractivity contribution >= 4 is 28.5 Å². The van der Waals surface area contributed by atoms with Crippen LogP contribution in [-0.4, -0.2) is 30.2 Å². The van der Waals surface area contributed by atoms with Gasteiger partial charge in [-0.25, -0.2) is 14.8 Å². The number of hydrogen-bond donors (Lipinski definition) is 0. The number of aromatic nitrogens is 2. The Bertz CT molecular complexity index is 586.